The molecule has 38 heavy (non-hydrogen) atoms. The summed E-state index contributed by atoms with van der Waals surface area (Å²) >= 11 is 0. The van der Waals surface area contributed by atoms with E-state index in [4.69, 9.17) is 15.7 Å². The van der Waals surface area contributed by atoms with Crippen LogP contribution in [0.5, 0.6) is 0 Å². The zero-order valence-corrected chi connectivity index (χ0v) is 21.6. The van der Waals surface area contributed by atoms with Gasteiger partial charge in [0.15, 0.2) is 0 Å². The van der Waals surface area contributed by atoms with Crippen LogP contribution in [-0.2, 0) is 6.42 Å². The molecule has 3 N–H and O–H groups in total. The summed E-state index contributed by atoms with van der Waals surface area (Å²) in [5.41, 5.74) is 13.0. The number of carbonyl (C=O) groups is 1. The van der Waals surface area contributed by atoms with Crippen molar-refractivity contribution >= 4 is 28.1 Å². The molecule has 7 heteroatoms. The van der Waals surface area contributed by atoms with Crippen LogP contribution >= 0.6 is 0 Å². The molecule has 0 radical (unpaired) electrons. The molecule has 1 aliphatic rings. The molecule has 2 amide bonds. The van der Waals surface area contributed by atoms with Gasteiger partial charge in [0.1, 0.15) is 5.82 Å². The average molecular weight is 505 g/mol. The summed E-state index contributed by atoms with van der Waals surface area (Å²) in [5, 5.41) is 4.00. The number of nitrogens with one attached hydrogen (secondary N) is 1. The molecular formula is C31H32N6O. The zero-order chi connectivity index (χ0) is 26.1. The number of pyridine rings is 2. The fourth-order valence-electron chi connectivity index (χ4n) is 5.47. The van der Waals surface area contributed by atoms with Gasteiger partial charge in [-0.05, 0) is 49.9 Å². The third kappa shape index (κ3) is 4.56. The van der Waals surface area contributed by atoms with Gasteiger partial charge in [0.2, 0.25) is 0 Å². The Labute approximate surface area is 222 Å². The predicted molar refractivity (Wildman–Crippen MR) is 153 cm³/mol. The second-order valence-corrected chi connectivity index (χ2v) is 10.00. The van der Waals surface area contributed by atoms with E-state index in [2.05, 4.69) is 52.2 Å². The molecule has 0 saturated carbocycles. The van der Waals surface area contributed by atoms with Gasteiger partial charge in [-0.3, -0.25) is 0 Å². The first-order valence-corrected chi connectivity index (χ1v) is 13.4. The van der Waals surface area contributed by atoms with Crippen molar-refractivity contribution in [1.82, 2.24) is 24.6 Å². The average Bonchev–Trinajstić information content (AvgIpc) is 3.33. The molecule has 3 aromatic heterocycles. The van der Waals surface area contributed by atoms with Crippen molar-refractivity contribution in [2.75, 3.05) is 25.4 Å². The molecule has 0 unspecified atom stereocenters. The smallest absolute Gasteiger partial charge is 0.317 e. The number of piperidine rings is 1. The third-order valence-corrected chi connectivity index (χ3v) is 7.50. The van der Waals surface area contributed by atoms with E-state index in [-0.39, 0.29) is 6.03 Å². The fraction of sp³-hybridized carbons (Fsp3) is 0.258. The quantitative estimate of drug-likeness (QED) is 0.317. The molecule has 0 spiro atoms. The van der Waals surface area contributed by atoms with Crippen molar-refractivity contribution in [2.45, 2.75) is 26.2 Å². The lowest BCUT2D eigenvalue weighted by molar-refractivity contribution is 0.170. The lowest BCUT2D eigenvalue weighted by Gasteiger charge is -2.31. The van der Waals surface area contributed by atoms with Crippen LogP contribution in [0.15, 0.2) is 79.0 Å². The second kappa shape index (κ2) is 10.2. The molecule has 0 aliphatic carbocycles. The van der Waals surface area contributed by atoms with E-state index in [1.54, 1.807) is 0 Å². The number of urea groups is 1. The van der Waals surface area contributed by atoms with Crippen molar-refractivity contribution < 1.29 is 4.79 Å². The molecule has 0 atom stereocenters. The molecule has 1 aliphatic heterocycles. The van der Waals surface area contributed by atoms with E-state index in [1.807, 2.05) is 48.4 Å². The number of likely N-dealkylation sites (tertiary alicyclic amines) is 1. The molecule has 5 aromatic rings. The Hall–Kier alpha value is -4.39. The zero-order valence-electron chi connectivity index (χ0n) is 21.6. The first-order valence-electron chi connectivity index (χ1n) is 13.4. The Morgan fingerprint density at radius 3 is 2.55 bits per heavy atom. The monoisotopic (exact) mass is 504 g/mol. The van der Waals surface area contributed by atoms with Gasteiger partial charge in [0.25, 0.3) is 0 Å². The maximum absolute atomic E-state index is 12.2. The van der Waals surface area contributed by atoms with Crippen LogP contribution in [0.1, 0.15) is 25.6 Å². The topological polar surface area (TPSA) is 88.5 Å². The molecule has 6 rings (SSSR count). The molecule has 7 nitrogen and oxygen atoms in total. The second-order valence-electron chi connectivity index (χ2n) is 10.00. The number of rotatable bonds is 5. The minimum absolute atomic E-state index is 0.0348. The van der Waals surface area contributed by atoms with Crippen LogP contribution in [0.25, 0.3) is 38.9 Å². The van der Waals surface area contributed by atoms with E-state index >= 15 is 0 Å². The number of hydrogen-bond acceptors (Lipinski definition) is 4. The number of nitrogens with zero attached hydrogens (tertiary/aromatic N) is 4. The lowest BCUT2D eigenvalue weighted by Crippen LogP contribution is -2.44. The standard InChI is InChI=1S/C31H32N6O/c1-2-33-31(38)36-17-14-21(15-18-36)19-28-35-29(30-25(32)9-6-16-37(28)30)24-11-10-23-12-13-26(34-27(23)20-24)22-7-4-3-5-8-22/h3-13,16,20-21H,2,14-15,17-19,32H2,1H3,(H,33,38). The minimum atomic E-state index is 0.0348. The number of benzene rings is 2. The Balaban J connectivity index is 1.33. The highest BCUT2D eigenvalue weighted by molar-refractivity contribution is 5.92. The van der Waals surface area contributed by atoms with Crippen molar-refractivity contribution in [2.24, 2.45) is 5.92 Å². The molecule has 1 fully saturated rings. The summed E-state index contributed by atoms with van der Waals surface area (Å²) in [4.78, 5) is 24.2. The highest BCUT2D eigenvalue weighted by Crippen LogP contribution is 2.33. The fourth-order valence-corrected chi connectivity index (χ4v) is 5.47. The normalized spacial score (nSPS) is 14.3. The van der Waals surface area contributed by atoms with Crippen molar-refractivity contribution in [1.29, 1.82) is 0 Å². The van der Waals surface area contributed by atoms with Crippen molar-refractivity contribution in [3.63, 3.8) is 0 Å². The van der Waals surface area contributed by atoms with Gasteiger partial charge in [-0.2, -0.15) is 0 Å². The third-order valence-electron chi connectivity index (χ3n) is 7.50. The van der Waals surface area contributed by atoms with E-state index in [9.17, 15) is 4.79 Å². The number of anilines is 1. The maximum Gasteiger partial charge on any atom is 0.317 e. The first-order chi connectivity index (χ1) is 18.6. The SMILES string of the molecule is CCNC(=O)N1CCC(Cc2nc(-c3ccc4ccc(-c5ccccc5)nc4c3)c3c(N)cccn23)CC1. The molecule has 4 heterocycles. The molecule has 192 valence electrons. The van der Waals surface area contributed by atoms with Gasteiger partial charge < -0.3 is 20.4 Å². The Morgan fingerprint density at radius 2 is 1.76 bits per heavy atom. The minimum Gasteiger partial charge on any atom is -0.397 e. The van der Waals surface area contributed by atoms with Gasteiger partial charge in [-0.1, -0.05) is 48.5 Å². The Morgan fingerprint density at radius 1 is 0.974 bits per heavy atom. The number of nitrogen functional groups attached to an aromatic ring is 1. The Kier molecular flexibility index (Phi) is 6.42. The lowest BCUT2D eigenvalue weighted by atomic mass is 9.93. The van der Waals surface area contributed by atoms with Crippen molar-refractivity contribution in [3.05, 3.63) is 84.8 Å². The highest BCUT2D eigenvalue weighted by Gasteiger charge is 2.25. The van der Waals surface area contributed by atoms with E-state index in [0.29, 0.717) is 18.2 Å². The van der Waals surface area contributed by atoms with Gasteiger partial charge >= 0.3 is 6.03 Å². The van der Waals surface area contributed by atoms with Crippen LogP contribution in [0.3, 0.4) is 0 Å². The number of hydrogen-bond donors (Lipinski definition) is 2. The van der Waals surface area contributed by atoms with E-state index in [0.717, 1.165) is 77.1 Å². The number of carbonyl (C=O) groups excluding carboxylic acids is 1. The molecular weight excluding hydrogens is 472 g/mol. The summed E-state index contributed by atoms with van der Waals surface area (Å²) in [5.74, 6) is 1.47. The number of nitrogens with two attached hydrogens (primary N) is 1. The molecule has 1 saturated heterocycles. The highest BCUT2D eigenvalue weighted by atomic mass is 16.2. The van der Waals surface area contributed by atoms with Gasteiger partial charge in [-0.15, -0.1) is 0 Å². The summed E-state index contributed by atoms with van der Waals surface area (Å²) in [6, 6.07) is 24.7. The predicted octanol–water partition coefficient (Wildman–Crippen LogP) is 5.78. The number of aromatic nitrogens is 3. The molecule has 0 bridgehead atoms. The van der Waals surface area contributed by atoms with Crippen LogP contribution in [0.4, 0.5) is 10.5 Å². The van der Waals surface area contributed by atoms with Crippen LogP contribution in [-0.4, -0.2) is 44.9 Å². The summed E-state index contributed by atoms with van der Waals surface area (Å²) in [6.07, 6.45) is 4.82. The largest absolute Gasteiger partial charge is 0.397 e. The number of fused-ring (bicyclic) bond motifs is 2. The van der Waals surface area contributed by atoms with Gasteiger partial charge in [-0.25, -0.2) is 14.8 Å². The van der Waals surface area contributed by atoms with Crippen LogP contribution in [0, 0.1) is 5.92 Å². The van der Waals surface area contributed by atoms with E-state index < -0.39 is 0 Å². The summed E-state index contributed by atoms with van der Waals surface area (Å²) in [6.45, 7) is 4.15. The number of amides is 2. The van der Waals surface area contributed by atoms with Crippen LogP contribution < -0.4 is 11.1 Å². The molecule has 2 aromatic carbocycles. The number of imidazole rings is 1. The maximum atomic E-state index is 12.2. The van der Waals surface area contributed by atoms with Gasteiger partial charge in [0, 0.05) is 48.8 Å². The van der Waals surface area contributed by atoms with Crippen LogP contribution in [0.2, 0.25) is 0 Å². The van der Waals surface area contributed by atoms with Crippen molar-refractivity contribution in [3.8, 4) is 22.5 Å². The Bertz CT molecular complexity index is 1600. The summed E-state index contributed by atoms with van der Waals surface area (Å²) < 4.78 is 2.14. The first kappa shape index (κ1) is 24.0. The summed E-state index contributed by atoms with van der Waals surface area (Å²) in [7, 11) is 0. The van der Waals surface area contributed by atoms with Gasteiger partial charge in [0.05, 0.1) is 28.1 Å². The van der Waals surface area contributed by atoms with E-state index in [1.165, 1.54) is 0 Å².